The van der Waals surface area contributed by atoms with E-state index in [2.05, 4.69) is 20.9 Å². The van der Waals surface area contributed by atoms with Gasteiger partial charge in [-0.2, -0.15) is 0 Å². The van der Waals surface area contributed by atoms with E-state index in [0.717, 1.165) is 17.8 Å². The lowest BCUT2D eigenvalue weighted by molar-refractivity contribution is -0.126. The van der Waals surface area contributed by atoms with Gasteiger partial charge in [-0.15, -0.1) is 0 Å². The van der Waals surface area contributed by atoms with Crippen molar-refractivity contribution in [2.24, 2.45) is 4.99 Å². The molecule has 29 heavy (non-hydrogen) atoms. The van der Waals surface area contributed by atoms with E-state index in [-0.39, 0.29) is 24.6 Å². The van der Waals surface area contributed by atoms with Crippen LogP contribution in [0.2, 0.25) is 0 Å². The molecule has 4 rings (SSSR count). The zero-order valence-electron chi connectivity index (χ0n) is 16.0. The third-order valence-corrected chi connectivity index (χ3v) is 5.04. The summed E-state index contributed by atoms with van der Waals surface area (Å²) < 4.78 is 11.2. The lowest BCUT2D eigenvalue weighted by Crippen LogP contribution is -2.48. The van der Waals surface area contributed by atoms with Crippen LogP contribution in [0.1, 0.15) is 18.4 Å². The van der Waals surface area contributed by atoms with Gasteiger partial charge in [0, 0.05) is 31.6 Å². The van der Waals surface area contributed by atoms with Crippen molar-refractivity contribution in [2.75, 3.05) is 32.9 Å². The minimum atomic E-state index is -0.617. The molecule has 0 radical (unpaired) electrons. The molecule has 4 N–H and O–H groups in total. The van der Waals surface area contributed by atoms with Crippen LogP contribution in [0.15, 0.2) is 23.2 Å². The largest absolute Gasteiger partial charge is 0.494 e. The Balaban J connectivity index is 1.26. The highest BCUT2D eigenvalue weighted by Gasteiger charge is 2.38. The van der Waals surface area contributed by atoms with Gasteiger partial charge in [0.2, 0.25) is 11.9 Å². The summed E-state index contributed by atoms with van der Waals surface area (Å²) in [5.74, 6) is 0.846. The summed E-state index contributed by atoms with van der Waals surface area (Å²) in [6.45, 7) is 2.63. The average Bonchev–Trinajstić information content (AvgIpc) is 3.04. The first-order chi connectivity index (χ1) is 14.1. The number of aliphatic hydroxyl groups excluding tert-OH is 1. The number of aliphatic hydroxyl groups is 1. The predicted octanol–water partition coefficient (Wildman–Crippen LogP) is -0.798. The van der Waals surface area contributed by atoms with Gasteiger partial charge >= 0.3 is 0 Å². The number of hydrogen-bond donors (Lipinski definition) is 4. The highest BCUT2D eigenvalue weighted by molar-refractivity contribution is 6.07. The van der Waals surface area contributed by atoms with Crippen molar-refractivity contribution in [3.8, 4) is 5.75 Å². The fourth-order valence-corrected chi connectivity index (χ4v) is 3.53. The van der Waals surface area contributed by atoms with E-state index >= 15 is 0 Å². The zero-order valence-corrected chi connectivity index (χ0v) is 16.0. The number of aliphatic imine (C=N–C) groups is 1. The molecule has 1 aromatic rings. The van der Waals surface area contributed by atoms with Crippen LogP contribution >= 0.6 is 0 Å². The maximum Gasteiger partial charge on any atom is 0.251 e. The van der Waals surface area contributed by atoms with Gasteiger partial charge in [-0.1, -0.05) is 0 Å². The topological polar surface area (TPSA) is 125 Å². The normalized spacial score (nSPS) is 23.0. The number of amides is 2. The number of ether oxygens (including phenoxy) is 2. The summed E-state index contributed by atoms with van der Waals surface area (Å²) >= 11 is 0. The molecule has 3 aliphatic rings. The van der Waals surface area contributed by atoms with Crippen molar-refractivity contribution < 1.29 is 24.2 Å². The fraction of sp³-hybridized carbons (Fsp3) is 0.526. The van der Waals surface area contributed by atoms with E-state index in [0.29, 0.717) is 50.9 Å². The molecule has 0 aliphatic carbocycles. The maximum absolute atomic E-state index is 12.0. The Morgan fingerprint density at radius 3 is 3.14 bits per heavy atom. The molecule has 0 aromatic heterocycles. The Morgan fingerprint density at radius 1 is 1.45 bits per heavy atom. The van der Waals surface area contributed by atoms with Crippen LogP contribution in [-0.2, 0) is 20.9 Å². The van der Waals surface area contributed by atoms with Crippen LogP contribution in [0, 0.1) is 0 Å². The second-order valence-electron chi connectivity index (χ2n) is 7.12. The fourth-order valence-electron chi connectivity index (χ4n) is 3.53. The molecule has 3 aliphatic heterocycles. The quantitative estimate of drug-likeness (QED) is 0.440. The summed E-state index contributed by atoms with van der Waals surface area (Å²) in [5.41, 5.74) is 1.68. The minimum Gasteiger partial charge on any atom is -0.494 e. The van der Waals surface area contributed by atoms with E-state index < -0.39 is 6.04 Å². The van der Waals surface area contributed by atoms with Crippen molar-refractivity contribution in [3.05, 3.63) is 23.8 Å². The number of morpholine rings is 1. The smallest absolute Gasteiger partial charge is 0.251 e. The van der Waals surface area contributed by atoms with E-state index in [4.69, 9.17) is 9.47 Å². The van der Waals surface area contributed by atoms with Crippen LogP contribution in [0.25, 0.3) is 0 Å². The van der Waals surface area contributed by atoms with Crippen LogP contribution < -0.4 is 20.7 Å². The SMILES string of the molecule is O=C(CCCOc1ccc2c(c1)CN1C(=N2)NC(=O)C1CO)NC1CNCCO1. The second kappa shape index (κ2) is 8.76. The van der Waals surface area contributed by atoms with E-state index in [1.54, 1.807) is 4.90 Å². The standard InChI is InChI=1S/C19H25N5O5/c25-11-15-18(27)23-19-21-14-4-3-13(8-12(14)10-24(15)19)28-6-1-2-16(26)22-17-9-20-5-7-29-17/h3-4,8,15,17,20,25H,1-2,5-7,9-11H2,(H,22,26)(H,21,23,27). The maximum atomic E-state index is 12.0. The van der Waals surface area contributed by atoms with Crippen LogP contribution in [0.4, 0.5) is 5.69 Å². The first-order valence-corrected chi connectivity index (χ1v) is 9.78. The number of carbonyl (C=O) groups excluding carboxylic acids is 2. The van der Waals surface area contributed by atoms with Gasteiger partial charge in [-0.25, -0.2) is 4.99 Å². The number of nitrogens with zero attached hydrogens (tertiary/aromatic N) is 2. The van der Waals surface area contributed by atoms with E-state index in [1.165, 1.54) is 0 Å². The first kappa shape index (κ1) is 19.6. The molecular formula is C19H25N5O5. The molecule has 2 unspecified atom stereocenters. The van der Waals surface area contributed by atoms with Crippen molar-refractivity contribution in [2.45, 2.75) is 31.7 Å². The molecule has 2 fully saturated rings. The average molecular weight is 403 g/mol. The lowest BCUT2D eigenvalue weighted by atomic mass is 10.1. The van der Waals surface area contributed by atoms with E-state index in [9.17, 15) is 14.7 Å². The number of guanidine groups is 1. The third kappa shape index (κ3) is 4.50. The van der Waals surface area contributed by atoms with Gasteiger partial charge in [0.05, 0.1) is 25.5 Å². The summed E-state index contributed by atoms with van der Waals surface area (Å²) in [7, 11) is 0. The summed E-state index contributed by atoms with van der Waals surface area (Å²) in [6.07, 6.45) is 0.679. The summed E-state index contributed by atoms with van der Waals surface area (Å²) in [4.78, 5) is 30.0. The second-order valence-corrected chi connectivity index (χ2v) is 7.12. The Kier molecular flexibility index (Phi) is 5.93. The summed E-state index contributed by atoms with van der Waals surface area (Å²) in [6, 6.07) is 4.93. The molecular weight excluding hydrogens is 378 g/mol. The first-order valence-electron chi connectivity index (χ1n) is 9.78. The van der Waals surface area contributed by atoms with Gasteiger partial charge < -0.3 is 30.1 Å². The molecule has 2 amide bonds. The van der Waals surface area contributed by atoms with Crippen molar-refractivity contribution >= 4 is 23.5 Å². The molecule has 0 saturated carbocycles. The number of hydrogen-bond acceptors (Lipinski definition) is 8. The van der Waals surface area contributed by atoms with Crippen molar-refractivity contribution in [1.29, 1.82) is 0 Å². The van der Waals surface area contributed by atoms with E-state index in [1.807, 2.05) is 18.2 Å². The number of fused-ring (bicyclic) bond motifs is 2. The number of rotatable bonds is 7. The molecule has 2 saturated heterocycles. The van der Waals surface area contributed by atoms with Gasteiger partial charge in [-0.3, -0.25) is 14.9 Å². The third-order valence-electron chi connectivity index (χ3n) is 5.04. The van der Waals surface area contributed by atoms with Crippen LogP contribution in [0.3, 0.4) is 0 Å². The molecule has 10 nitrogen and oxygen atoms in total. The Bertz CT molecular complexity index is 808. The Morgan fingerprint density at radius 2 is 2.34 bits per heavy atom. The number of nitrogens with one attached hydrogen (secondary N) is 3. The van der Waals surface area contributed by atoms with Crippen LogP contribution in [0.5, 0.6) is 5.75 Å². The number of benzene rings is 1. The Labute approximate surface area is 168 Å². The van der Waals surface area contributed by atoms with Gasteiger partial charge in [0.1, 0.15) is 18.0 Å². The monoisotopic (exact) mass is 403 g/mol. The molecule has 10 heteroatoms. The molecule has 2 atom stereocenters. The molecule has 0 spiro atoms. The summed E-state index contributed by atoms with van der Waals surface area (Å²) in [5, 5.41) is 18.1. The van der Waals surface area contributed by atoms with Gasteiger partial charge in [-0.05, 0) is 24.6 Å². The minimum absolute atomic E-state index is 0.0594. The zero-order chi connectivity index (χ0) is 20.2. The van der Waals surface area contributed by atoms with Gasteiger partial charge in [0.25, 0.3) is 5.91 Å². The highest BCUT2D eigenvalue weighted by Crippen LogP contribution is 2.31. The Hall–Kier alpha value is -2.69. The van der Waals surface area contributed by atoms with Crippen molar-refractivity contribution in [1.82, 2.24) is 20.9 Å². The van der Waals surface area contributed by atoms with Crippen molar-refractivity contribution in [3.63, 3.8) is 0 Å². The molecule has 156 valence electrons. The molecule has 1 aromatic carbocycles. The molecule has 3 heterocycles. The van der Waals surface area contributed by atoms with Gasteiger partial charge in [0.15, 0.2) is 0 Å². The molecule has 0 bridgehead atoms. The highest BCUT2D eigenvalue weighted by atomic mass is 16.5. The lowest BCUT2D eigenvalue weighted by Gasteiger charge is -2.27. The predicted molar refractivity (Wildman–Crippen MR) is 104 cm³/mol. The number of carbonyl (C=O) groups is 2. The van der Waals surface area contributed by atoms with Crippen LogP contribution in [-0.4, -0.2) is 73.0 Å².